The van der Waals surface area contributed by atoms with Gasteiger partial charge in [0.05, 0.1) is 36.1 Å². The van der Waals surface area contributed by atoms with Crippen LogP contribution in [0.15, 0.2) is 0 Å². The summed E-state index contributed by atoms with van der Waals surface area (Å²) in [6.07, 6.45) is -0.491. The molecule has 1 aromatic heterocycles. The lowest BCUT2D eigenvalue weighted by Gasteiger charge is -2.33. The van der Waals surface area contributed by atoms with Crippen molar-refractivity contribution in [1.29, 1.82) is 0 Å². The third kappa shape index (κ3) is 3.42. The standard InChI is InChI=1S/C16H25N3O3S/c1-10(2)15-17-11(3)14(23-15)16(21)19-8-12(13(20)9-19)18-4-6-22-7-5-18/h10,12-13,20H,4-9H2,1-3H3/t12-,13-/m0/s1. The maximum atomic E-state index is 12.8. The second-order valence-electron chi connectivity index (χ2n) is 6.61. The summed E-state index contributed by atoms with van der Waals surface area (Å²) in [5, 5.41) is 11.4. The number of aromatic nitrogens is 1. The zero-order chi connectivity index (χ0) is 16.6. The molecule has 2 fully saturated rings. The second kappa shape index (κ2) is 6.84. The van der Waals surface area contributed by atoms with Gasteiger partial charge in [0.1, 0.15) is 4.88 Å². The Kier molecular flexibility index (Phi) is 5.01. The Morgan fingerprint density at radius 2 is 2.04 bits per heavy atom. The third-order valence-corrected chi connectivity index (χ3v) is 6.01. The Hall–Kier alpha value is -1.02. The van der Waals surface area contributed by atoms with Gasteiger partial charge >= 0.3 is 0 Å². The van der Waals surface area contributed by atoms with E-state index in [9.17, 15) is 9.90 Å². The monoisotopic (exact) mass is 339 g/mol. The number of likely N-dealkylation sites (tertiary alicyclic amines) is 1. The van der Waals surface area contributed by atoms with Gasteiger partial charge in [-0.3, -0.25) is 9.69 Å². The minimum atomic E-state index is -0.491. The van der Waals surface area contributed by atoms with Crippen molar-refractivity contribution in [3.8, 4) is 0 Å². The van der Waals surface area contributed by atoms with Crippen LogP contribution in [0.1, 0.15) is 40.1 Å². The topological polar surface area (TPSA) is 65.9 Å². The Morgan fingerprint density at radius 1 is 1.35 bits per heavy atom. The van der Waals surface area contributed by atoms with Gasteiger partial charge in [-0.25, -0.2) is 4.98 Å². The smallest absolute Gasteiger partial charge is 0.266 e. The SMILES string of the molecule is Cc1nc(C(C)C)sc1C(=O)N1C[C@H](O)[C@@H](N2CCOCC2)C1. The quantitative estimate of drug-likeness (QED) is 0.893. The average molecular weight is 339 g/mol. The zero-order valence-electron chi connectivity index (χ0n) is 14.0. The molecule has 0 saturated carbocycles. The van der Waals surface area contributed by atoms with Crippen LogP contribution in [0.25, 0.3) is 0 Å². The average Bonchev–Trinajstić information content (AvgIpc) is 3.11. The number of carbonyl (C=O) groups is 1. The Morgan fingerprint density at radius 3 is 2.65 bits per heavy atom. The third-order valence-electron chi connectivity index (χ3n) is 4.56. The van der Waals surface area contributed by atoms with Crippen LogP contribution >= 0.6 is 11.3 Å². The van der Waals surface area contributed by atoms with Crippen LogP contribution in [-0.2, 0) is 4.74 Å². The van der Waals surface area contributed by atoms with E-state index in [2.05, 4.69) is 23.7 Å². The number of carbonyl (C=O) groups excluding carboxylic acids is 1. The summed E-state index contributed by atoms with van der Waals surface area (Å²) < 4.78 is 5.37. The Bertz CT molecular complexity index is 569. The predicted molar refractivity (Wildman–Crippen MR) is 89.0 cm³/mol. The van der Waals surface area contributed by atoms with Crippen LogP contribution in [0, 0.1) is 6.92 Å². The number of aliphatic hydroxyl groups excluding tert-OH is 1. The maximum absolute atomic E-state index is 12.8. The van der Waals surface area contributed by atoms with Crippen molar-refractivity contribution < 1.29 is 14.6 Å². The molecule has 2 aliphatic heterocycles. The summed E-state index contributed by atoms with van der Waals surface area (Å²) in [4.78, 5) is 22.1. The number of hydrogen-bond donors (Lipinski definition) is 1. The first-order valence-electron chi connectivity index (χ1n) is 8.24. The maximum Gasteiger partial charge on any atom is 0.266 e. The second-order valence-corrected chi connectivity index (χ2v) is 7.65. The summed E-state index contributed by atoms with van der Waals surface area (Å²) in [6, 6.07) is 0.0145. The molecule has 23 heavy (non-hydrogen) atoms. The lowest BCUT2D eigenvalue weighted by Crippen LogP contribution is -2.49. The Balaban J connectivity index is 1.71. The largest absolute Gasteiger partial charge is 0.390 e. The molecule has 0 spiro atoms. The van der Waals surface area contributed by atoms with Gasteiger partial charge in [-0.05, 0) is 6.92 Å². The normalized spacial score (nSPS) is 26.2. The molecule has 3 heterocycles. The van der Waals surface area contributed by atoms with Gasteiger partial charge in [0.25, 0.3) is 5.91 Å². The highest BCUT2D eigenvalue weighted by molar-refractivity contribution is 7.13. The molecule has 2 atom stereocenters. The van der Waals surface area contributed by atoms with E-state index in [-0.39, 0.29) is 11.9 Å². The molecule has 6 nitrogen and oxygen atoms in total. The molecule has 0 aliphatic carbocycles. The summed E-state index contributed by atoms with van der Waals surface area (Å²) in [7, 11) is 0. The number of amides is 1. The van der Waals surface area contributed by atoms with E-state index >= 15 is 0 Å². The van der Waals surface area contributed by atoms with Crippen LogP contribution in [0.4, 0.5) is 0 Å². The van der Waals surface area contributed by atoms with Crippen molar-refractivity contribution >= 4 is 17.2 Å². The number of aryl methyl sites for hydroxylation is 1. The van der Waals surface area contributed by atoms with Gasteiger partial charge in [0.15, 0.2) is 0 Å². The number of β-amino-alcohol motifs (C(OH)–C–C–N with tert-alkyl or cyclic N) is 1. The van der Waals surface area contributed by atoms with Crippen LogP contribution in [0.2, 0.25) is 0 Å². The first-order valence-corrected chi connectivity index (χ1v) is 9.05. The van der Waals surface area contributed by atoms with Crippen LogP contribution in [0.5, 0.6) is 0 Å². The van der Waals surface area contributed by atoms with Crippen molar-refractivity contribution in [2.24, 2.45) is 0 Å². The Labute approximate surface area is 141 Å². The molecule has 0 bridgehead atoms. The molecule has 2 saturated heterocycles. The van der Waals surface area contributed by atoms with Gasteiger partial charge in [0, 0.05) is 32.1 Å². The molecule has 1 aromatic rings. The molecule has 1 amide bonds. The van der Waals surface area contributed by atoms with Gasteiger partial charge in [-0.1, -0.05) is 13.8 Å². The fourth-order valence-electron chi connectivity index (χ4n) is 3.21. The van der Waals surface area contributed by atoms with Crippen molar-refractivity contribution in [1.82, 2.24) is 14.8 Å². The molecular formula is C16H25N3O3S. The summed E-state index contributed by atoms with van der Waals surface area (Å²) in [6.45, 7) is 10.1. The van der Waals surface area contributed by atoms with Crippen LogP contribution in [-0.4, -0.2) is 77.3 Å². The molecule has 7 heteroatoms. The lowest BCUT2D eigenvalue weighted by atomic mass is 10.1. The molecule has 0 radical (unpaired) electrons. The van der Waals surface area contributed by atoms with Gasteiger partial charge in [0.2, 0.25) is 0 Å². The summed E-state index contributed by atoms with van der Waals surface area (Å²) in [5.41, 5.74) is 0.799. The van der Waals surface area contributed by atoms with Crippen molar-refractivity contribution in [2.45, 2.75) is 38.8 Å². The van der Waals surface area contributed by atoms with E-state index in [1.165, 1.54) is 11.3 Å². The number of ether oxygens (including phenoxy) is 1. The molecule has 2 aliphatic rings. The molecule has 1 N–H and O–H groups in total. The number of nitrogens with zero attached hydrogens (tertiary/aromatic N) is 3. The zero-order valence-corrected chi connectivity index (χ0v) is 14.8. The number of aliphatic hydroxyl groups is 1. The first kappa shape index (κ1) is 16.8. The summed E-state index contributed by atoms with van der Waals surface area (Å²) >= 11 is 1.48. The molecule has 0 aromatic carbocycles. The highest BCUT2D eigenvalue weighted by Gasteiger charge is 2.39. The van der Waals surface area contributed by atoms with Crippen LogP contribution < -0.4 is 0 Å². The highest BCUT2D eigenvalue weighted by Crippen LogP contribution is 2.27. The fourth-order valence-corrected chi connectivity index (χ4v) is 4.25. The number of hydrogen-bond acceptors (Lipinski definition) is 6. The van der Waals surface area contributed by atoms with Crippen molar-refractivity contribution in [3.05, 3.63) is 15.6 Å². The van der Waals surface area contributed by atoms with Crippen molar-refractivity contribution in [3.63, 3.8) is 0 Å². The number of morpholine rings is 1. The molecular weight excluding hydrogens is 314 g/mol. The van der Waals surface area contributed by atoms with E-state index in [4.69, 9.17) is 4.74 Å². The summed E-state index contributed by atoms with van der Waals surface area (Å²) in [5.74, 6) is 0.326. The lowest BCUT2D eigenvalue weighted by molar-refractivity contribution is -0.00611. The molecule has 3 rings (SSSR count). The number of rotatable bonds is 3. The van der Waals surface area contributed by atoms with E-state index in [0.717, 1.165) is 23.8 Å². The van der Waals surface area contributed by atoms with E-state index in [1.807, 2.05) is 6.92 Å². The predicted octanol–water partition coefficient (Wildman–Crippen LogP) is 1.09. The van der Waals surface area contributed by atoms with Crippen molar-refractivity contribution in [2.75, 3.05) is 39.4 Å². The van der Waals surface area contributed by atoms with E-state index in [0.29, 0.717) is 37.1 Å². The molecule has 0 unspecified atom stereocenters. The highest BCUT2D eigenvalue weighted by atomic mass is 32.1. The van der Waals surface area contributed by atoms with Crippen LogP contribution in [0.3, 0.4) is 0 Å². The number of thiazole rings is 1. The van der Waals surface area contributed by atoms with Gasteiger partial charge in [-0.15, -0.1) is 11.3 Å². The minimum absolute atomic E-state index is 0.00158. The minimum Gasteiger partial charge on any atom is -0.390 e. The van der Waals surface area contributed by atoms with E-state index < -0.39 is 6.10 Å². The fraction of sp³-hybridized carbons (Fsp3) is 0.750. The van der Waals surface area contributed by atoms with Gasteiger partial charge in [-0.2, -0.15) is 0 Å². The van der Waals surface area contributed by atoms with Gasteiger partial charge < -0.3 is 14.7 Å². The first-order chi connectivity index (χ1) is 11.0. The van der Waals surface area contributed by atoms with E-state index in [1.54, 1.807) is 4.90 Å². The molecule has 128 valence electrons.